The Morgan fingerprint density at radius 1 is 1.00 bits per heavy atom. The van der Waals surface area contributed by atoms with Crippen LogP contribution in [0.2, 0.25) is 0 Å². The van der Waals surface area contributed by atoms with Crippen LogP contribution in [0.5, 0.6) is 11.5 Å². The van der Waals surface area contributed by atoms with E-state index in [1.807, 2.05) is 31.3 Å². The molecular formula is C28H40N4O3. The lowest BCUT2D eigenvalue weighted by Gasteiger charge is -2.38. The van der Waals surface area contributed by atoms with Gasteiger partial charge in [0.05, 0.1) is 20.3 Å². The third-order valence-electron chi connectivity index (χ3n) is 7.43. The smallest absolute Gasteiger partial charge is 0.255 e. The lowest BCUT2D eigenvalue weighted by Crippen LogP contribution is -2.49. The molecule has 0 aromatic heterocycles. The summed E-state index contributed by atoms with van der Waals surface area (Å²) in [4.78, 5) is 20.8. The van der Waals surface area contributed by atoms with Gasteiger partial charge in [0, 0.05) is 55.6 Å². The molecule has 1 atom stereocenters. The van der Waals surface area contributed by atoms with Crippen LogP contribution in [0.25, 0.3) is 0 Å². The van der Waals surface area contributed by atoms with E-state index in [1.54, 1.807) is 14.2 Å². The highest BCUT2D eigenvalue weighted by Crippen LogP contribution is 2.40. The molecule has 2 heterocycles. The second-order valence-electron chi connectivity index (χ2n) is 9.73. The Morgan fingerprint density at radius 2 is 1.74 bits per heavy atom. The van der Waals surface area contributed by atoms with Crippen LogP contribution in [0.1, 0.15) is 54.2 Å². The second kappa shape index (κ2) is 11.3. The molecule has 0 aliphatic carbocycles. The average molecular weight is 481 g/mol. The van der Waals surface area contributed by atoms with Crippen molar-refractivity contribution in [3.8, 4) is 11.5 Å². The van der Waals surface area contributed by atoms with Gasteiger partial charge in [-0.2, -0.15) is 0 Å². The first-order chi connectivity index (χ1) is 17.0. The molecule has 0 unspecified atom stereocenters. The number of carbonyl (C=O) groups is 1. The Kier molecular flexibility index (Phi) is 8.19. The summed E-state index contributed by atoms with van der Waals surface area (Å²) in [6.45, 7) is 10.1. The van der Waals surface area contributed by atoms with E-state index in [2.05, 4.69) is 46.0 Å². The van der Waals surface area contributed by atoms with E-state index in [9.17, 15) is 4.79 Å². The van der Waals surface area contributed by atoms with Crippen LogP contribution in [-0.4, -0.2) is 75.7 Å². The number of anilines is 1. The summed E-state index contributed by atoms with van der Waals surface area (Å²) < 4.78 is 11.0. The van der Waals surface area contributed by atoms with Gasteiger partial charge in [0.2, 0.25) is 0 Å². The third kappa shape index (κ3) is 5.26. The number of benzene rings is 2. The molecule has 0 radical (unpaired) electrons. The average Bonchev–Trinajstić information content (AvgIpc) is 3.22. The number of fused-ring (bicyclic) bond motifs is 1. The predicted octanol–water partition coefficient (Wildman–Crippen LogP) is 3.93. The zero-order chi connectivity index (χ0) is 24.9. The van der Waals surface area contributed by atoms with Gasteiger partial charge in [-0.25, -0.2) is 0 Å². The molecule has 0 bridgehead atoms. The summed E-state index contributed by atoms with van der Waals surface area (Å²) in [5, 5.41) is 3.24. The molecule has 1 saturated heterocycles. The number of hydrogen-bond acceptors (Lipinski definition) is 6. The van der Waals surface area contributed by atoms with Crippen LogP contribution < -0.4 is 19.7 Å². The summed E-state index contributed by atoms with van der Waals surface area (Å²) in [7, 11) is 5.26. The standard InChI is InChI=1S/C28H40N4O3/c1-20(2)30-14-16-31(17-15-30)25-9-6-8-22-23(25)19-32(28(22)33)24(10-7-13-29-3)21-11-12-26(34-4)27(18-21)35-5/h6,8-9,11-12,18,20,24,29H,7,10,13-17,19H2,1-5H3/t24-/m1/s1. The van der Waals surface area contributed by atoms with Gasteiger partial charge in [0.25, 0.3) is 5.91 Å². The van der Waals surface area contributed by atoms with Crippen molar-refractivity contribution in [2.45, 2.75) is 45.3 Å². The number of hydrogen-bond donors (Lipinski definition) is 1. The van der Waals surface area contributed by atoms with Gasteiger partial charge in [0.15, 0.2) is 11.5 Å². The van der Waals surface area contributed by atoms with Crippen molar-refractivity contribution >= 4 is 11.6 Å². The van der Waals surface area contributed by atoms with E-state index in [4.69, 9.17) is 9.47 Å². The molecule has 1 fully saturated rings. The van der Waals surface area contributed by atoms with Gasteiger partial charge in [0.1, 0.15) is 0 Å². The molecule has 190 valence electrons. The molecule has 2 aromatic carbocycles. The Bertz CT molecular complexity index is 1020. The van der Waals surface area contributed by atoms with Crippen LogP contribution in [0, 0.1) is 0 Å². The molecule has 4 rings (SSSR count). The Hall–Kier alpha value is -2.77. The topological polar surface area (TPSA) is 57.3 Å². The summed E-state index contributed by atoms with van der Waals surface area (Å²) in [6.07, 6.45) is 1.85. The molecule has 35 heavy (non-hydrogen) atoms. The molecule has 1 N–H and O–H groups in total. The van der Waals surface area contributed by atoms with Gasteiger partial charge in [-0.15, -0.1) is 0 Å². The lowest BCUT2D eigenvalue weighted by atomic mass is 9.99. The number of nitrogens with zero attached hydrogens (tertiary/aromatic N) is 3. The van der Waals surface area contributed by atoms with Gasteiger partial charge in [-0.3, -0.25) is 9.69 Å². The van der Waals surface area contributed by atoms with Crippen molar-refractivity contribution in [3.05, 3.63) is 53.1 Å². The van der Waals surface area contributed by atoms with E-state index in [-0.39, 0.29) is 11.9 Å². The van der Waals surface area contributed by atoms with Crippen LogP contribution in [0.3, 0.4) is 0 Å². The van der Waals surface area contributed by atoms with Crippen LogP contribution in [-0.2, 0) is 6.54 Å². The van der Waals surface area contributed by atoms with Crippen LogP contribution in [0.4, 0.5) is 5.69 Å². The van der Waals surface area contributed by atoms with Gasteiger partial charge in [-0.1, -0.05) is 12.1 Å². The van der Waals surface area contributed by atoms with Gasteiger partial charge in [-0.05, 0) is 70.1 Å². The summed E-state index contributed by atoms with van der Waals surface area (Å²) in [6, 6.07) is 12.8. The number of piperazine rings is 1. The molecule has 7 heteroatoms. The monoisotopic (exact) mass is 480 g/mol. The summed E-state index contributed by atoms with van der Waals surface area (Å²) in [5.41, 5.74) is 4.29. The largest absolute Gasteiger partial charge is 0.493 e. The Labute approximate surface area is 210 Å². The predicted molar refractivity (Wildman–Crippen MR) is 141 cm³/mol. The molecule has 1 amide bonds. The molecule has 2 aliphatic heterocycles. The third-order valence-corrected chi connectivity index (χ3v) is 7.43. The fourth-order valence-electron chi connectivity index (χ4n) is 5.40. The maximum Gasteiger partial charge on any atom is 0.255 e. The maximum absolute atomic E-state index is 13.7. The van der Waals surface area contributed by atoms with Gasteiger partial charge < -0.3 is 24.6 Å². The molecule has 0 saturated carbocycles. The fraction of sp³-hybridized carbons (Fsp3) is 0.536. The zero-order valence-corrected chi connectivity index (χ0v) is 21.8. The van der Waals surface area contributed by atoms with Crippen molar-refractivity contribution < 1.29 is 14.3 Å². The highest BCUT2D eigenvalue weighted by atomic mass is 16.5. The first-order valence-electron chi connectivity index (χ1n) is 12.8. The van der Waals surface area contributed by atoms with Crippen LogP contribution >= 0.6 is 0 Å². The van der Waals surface area contributed by atoms with Crippen molar-refractivity contribution in [1.82, 2.24) is 15.1 Å². The summed E-state index contributed by atoms with van der Waals surface area (Å²) >= 11 is 0. The molecular weight excluding hydrogens is 440 g/mol. The van der Waals surface area contributed by atoms with E-state index >= 15 is 0 Å². The molecule has 2 aliphatic rings. The first kappa shape index (κ1) is 25.3. The molecule has 7 nitrogen and oxygen atoms in total. The quantitative estimate of drug-likeness (QED) is 0.520. The summed E-state index contributed by atoms with van der Waals surface area (Å²) in [5.74, 6) is 1.51. The van der Waals surface area contributed by atoms with E-state index in [0.29, 0.717) is 24.1 Å². The highest BCUT2D eigenvalue weighted by Gasteiger charge is 2.36. The minimum absolute atomic E-state index is 0.0336. The van der Waals surface area contributed by atoms with Crippen molar-refractivity contribution in [1.29, 1.82) is 0 Å². The number of ether oxygens (including phenoxy) is 2. The molecule has 0 spiro atoms. The highest BCUT2D eigenvalue weighted by molar-refractivity contribution is 6.00. The van der Waals surface area contributed by atoms with Crippen molar-refractivity contribution in [2.24, 2.45) is 0 Å². The number of carbonyl (C=O) groups excluding carboxylic acids is 1. The Morgan fingerprint density at radius 3 is 2.40 bits per heavy atom. The van der Waals surface area contributed by atoms with Crippen LogP contribution in [0.15, 0.2) is 36.4 Å². The molecule has 2 aromatic rings. The number of methoxy groups -OCH3 is 2. The zero-order valence-electron chi connectivity index (χ0n) is 21.8. The van der Waals surface area contributed by atoms with Crippen molar-refractivity contribution in [3.63, 3.8) is 0 Å². The van der Waals surface area contributed by atoms with E-state index in [0.717, 1.165) is 62.3 Å². The second-order valence-corrected chi connectivity index (χ2v) is 9.73. The lowest BCUT2D eigenvalue weighted by molar-refractivity contribution is 0.0689. The normalized spacial score (nSPS) is 17.1. The maximum atomic E-state index is 13.7. The van der Waals surface area contributed by atoms with Crippen molar-refractivity contribution in [2.75, 3.05) is 58.9 Å². The fourth-order valence-corrected chi connectivity index (χ4v) is 5.40. The first-order valence-corrected chi connectivity index (χ1v) is 12.8. The number of amides is 1. The Balaban J connectivity index is 1.62. The van der Waals surface area contributed by atoms with E-state index in [1.165, 1.54) is 5.69 Å². The van der Waals surface area contributed by atoms with E-state index < -0.39 is 0 Å². The minimum atomic E-state index is -0.0336. The number of rotatable bonds is 10. The van der Waals surface area contributed by atoms with Gasteiger partial charge >= 0.3 is 0 Å². The SMILES string of the molecule is CNCCC[C@H](c1ccc(OC)c(OC)c1)N1Cc2c(cccc2N2CCN(C(C)C)CC2)C1=O. The minimum Gasteiger partial charge on any atom is -0.493 e. The number of nitrogens with one attached hydrogen (secondary N) is 1.